The minimum absolute atomic E-state index is 0.518. The van der Waals surface area contributed by atoms with Crippen molar-refractivity contribution >= 4 is 28.7 Å². The van der Waals surface area contributed by atoms with Crippen LogP contribution in [-0.4, -0.2) is 19.7 Å². The molecule has 0 radical (unpaired) electrons. The first-order chi connectivity index (χ1) is 10.8. The van der Waals surface area contributed by atoms with Gasteiger partial charge in [-0.2, -0.15) is 0 Å². The fourth-order valence-electron chi connectivity index (χ4n) is 2.22. The molecule has 3 rings (SSSR count). The van der Waals surface area contributed by atoms with Crippen molar-refractivity contribution in [1.82, 2.24) is 19.9 Å². The Morgan fingerprint density at radius 1 is 1.18 bits per heavy atom. The Balaban J connectivity index is 1.62. The van der Waals surface area contributed by atoms with E-state index < -0.39 is 0 Å². The third kappa shape index (κ3) is 3.23. The number of pyridine rings is 1. The largest absolute Gasteiger partial charge is 0.355 e. The highest BCUT2D eigenvalue weighted by atomic mass is 32.1. The quantitative estimate of drug-likeness (QED) is 0.726. The van der Waals surface area contributed by atoms with Gasteiger partial charge in [0.2, 0.25) is 0 Å². The van der Waals surface area contributed by atoms with Crippen LogP contribution in [0, 0.1) is 0 Å². The highest BCUT2D eigenvalue weighted by Gasteiger charge is 2.05. The van der Waals surface area contributed by atoms with Crippen LogP contribution in [0.25, 0.3) is 5.65 Å². The van der Waals surface area contributed by atoms with Gasteiger partial charge in [-0.3, -0.25) is 4.40 Å². The Morgan fingerprint density at radius 3 is 2.95 bits per heavy atom. The predicted octanol–water partition coefficient (Wildman–Crippen LogP) is 2.78. The molecule has 2 aromatic heterocycles. The molecule has 0 aliphatic rings. The van der Waals surface area contributed by atoms with Gasteiger partial charge in [0.15, 0.2) is 16.6 Å². The van der Waals surface area contributed by atoms with Crippen LogP contribution < -0.4 is 10.6 Å². The highest BCUT2D eigenvalue weighted by molar-refractivity contribution is 7.80. The molecule has 0 amide bonds. The minimum Gasteiger partial charge on any atom is -0.355 e. The molecule has 2 N–H and O–H groups in total. The molecule has 0 spiro atoms. The molecule has 0 saturated heterocycles. The van der Waals surface area contributed by atoms with Gasteiger partial charge in [-0.15, -0.1) is 10.2 Å². The summed E-state index contributed by atoms with van der Waals surface area (Å²) in [5, 5.41) is 15.2. The predicted molar refractivity (Wildman–Crippen MR) is 91.9 cm³/mol. The zero-order chi connectivity index (χ0) is 15.4. The van der Waals surface area contributed by atoms with Crippen molar-refractivity contribution in [3.63, 3.8) is 0 Å². The summed E-state index contributed by atoms with van der Waals surface area (Å²) < 4.78 is 1.94. The summed E-state index contributed by atoms with van der Waals surface area (Å²) in [5.41, 5.74) is 3.09. The van der Waals surface area contributed by atoms with Crippen LogP contribution in [0.3, 0.4) is 0 Å². The van der Waals surface area contributed by atoms with E-state index in [-0.39, 0.29) is 0 Å². The van der Waals surface area contributed by atoms with E-state index in [0.29, 0.717) is 11.7 Å². The van der Waals surface area contributed by atoms with Gasteiger partial charge in [0.05, 0.1) is 6.54 Å². The number of thiocarbonyl (C=S) groups is 1. The van der Waals surface area contributed by atoms with Gasteiger partial charge < -0.3 is 10.6 Å². The number of nitrogens with zero attached hydrogens (tertiary/aromatic N) is 3. The normalized spacial score (nSPS) is 10.6. The summed E-state index contributed by atoms with van der Waals surface area (Å²) in [6.45, 7) is 2.65. The zero-order valence-corrected chi connectivity index (χ0v) is 13.1. The number of fused-ring (bicyclic) bond motifs is 1. The minimum atomic E-state index is 0.518. The van der Waals surface area contributed by atoms with Crippen LogP contribution in [0.2, 0.25) is 0 Å². The number of aromatic nitrogens is 3. The van der Waals surface area contributed by atoms with Crippen molar-refractivity contribution in [2.24, 2.45) is 0 Å². The van der Waals surface area contributed by atoms with Gasteiger partial charge in [-0.1, -0.05) is 25.1 Å². The van der Waals surface area contributed by atoms with E-state index in [1.165, 1.54) is 5.56 Å². The van der Waals surface area contributed by atoms with E-state index in [0.717, 1.165) is 23.6 Å². The Labute approximate surface area is 134 Å². The first-order valence-electron chi connectivity index (χ1n) is 7.18. The molecule has 1 aromatic carbocycles. The van der Waals surface area contributed by atoms with Gasteiger partial charge >= 0.3 is 0 Å². The average molecular weight is 311 g/mol. The maximum Gasteiger partial charge on any atom is 0.171 e. The SMILES string of the molecule is CCc1cccc(NC(=S)NCc2nnc3ccccn23)c1. The Morgan fingerprint density at radius 2 is 2.09 bits per heavy atom. The molecule has 0 fully saturated rings. The van der Waals surface area contributed by atoms with Gasteiger partial charge in [0, 0.05) is 11.9 Å². The fourth-order valence-corrected chi connectivity index (χ4v) is 2.41. The lowest BCUT2D eigenvalue weighted by molar-refractivity contribution is 0.813. The van der Waals surface area contributed by atoms with Crippen molar-refractivity contribution in [2.45, 2.75) is 19.9 Å². The van der Waals surface area contributed by atoms with E-state index >= 15 is 0 Å². The second-order valence-electron chi connectivity index (χ2n) is 4.91. The second kappa shape index (κ2) is 6.53. The van der Waals surface area contributed by atoms with Crippen LogP contribution in [0.4, 0.5) is 5.69 Å². The van der Waals surface area contributed by atoms with E-state index in [9.17, 15) is 0 Å². The molecule has 2 heterocycles. The van der Waals surface area contributed by atoms with E-state index in [1.807, 2.05) is 40.9 Å². The summed E-state index contributed by atoms with van der Waals surface area (Å²) in [6, 6.07) is 14.0. The number of benzene rings is 1. The standard InChI is InChI=1S/C16H17N5S/c1-2-12-6-5-7-13(10-12)18-16(22)17-11-15-20-19-14-8-3-4-9-21(14)15/h3-10H,2,11H2,1H3,(H2,17,18,22). The number of nitrogens with one attached hydrogen (secondary N) is 2. The molecule has 0 unspecified atom stereocenters. The number of aryl methyl sites for hydroxylation is 1. The summed E-state index contributed by atoms with van der Waals surface area (Å²) >= 11 is 5.33. The van der Waals surface area contributed by atoms with Crippen LogP contribution >= 0.6 is 12.2 Å². The zero-order valence-electron chi connectivity index (χ0n) is 12.3. The smallest absolute Gasteiger partial charge is 0.171 e. The monoisotopic (exact) mass is 311 g/mol. The fraction of sp³-hybridized carbons (Fsp3) is 0.188. The molecule has 22 heavy (non-hydrogen) atoms. The average Bonchev–Trinajstić information content (AvgIpc) is 2.96. The molecule has 0 aliphatic heterocycles. The molecule has 0 atom stereocenters. The van der Waals surface area contributed by atoms with Gasteiger partial charge in [-0.25, -0.2) is 0 Å². The lowest BCUT2D eigenvalue weighted by Crippen LogP contribution is -2.28. The van der Waals surface area contributed by atoms with Crippen LogP contribution in [0.1, 0.15) is 18.3 Å². The van der Waals surface area contributed by atoms with Crippen LogP contribution in [0.15, 0.2) is 48.7 Å². The molecule has 0 bridgehead atoms. The number of rotatable bonds is 4. The summed E-state index contributed by atoms with van der Waals surface area (Å²) in [4.78, 5) is 0. The van der Waals surface area contributed by atoms with Gasteiger partial charge in [0.25, 0.3) is 0 Å². The molecular weight excluding hydrogens is 294 g/mol. The maximum atomic E-state index is 5.33. The van der Waals surface area contributed by atoms with Crippen molar-refractivity contribution in [2.75, 3.05) is 5.32 Å². The van der Waals surface area contributed by atoms with Crippen molar-refractivity contribution in [3.8, 4) is 0 Å². The number of anilines is 1. The highest BCUT2D eigenvalue weighted by Crippen LogP contribution is 2.11. The molecule has 6 heteroatoms. The number of hydrogen-bond donors (Lipinski definition) is 2. The first-order valence-corrected chi connectivity index (χ1v) is 7.59. The van der Waals surface area contributed by atoms with Crippen molar-refractivity contribution in [3.05, 3.63) is 60.0 Å². The van der Waals surface area contributed by atoms with Crippen molar-refractivity contribution in [1.29, 1.82) is 0 Å². The maximum absolute atomic E-state index is 5.33. The first kappa shape index (κ1) is 14.5. The van der Waals surface area contributed by atoms with E-state index in [1.54, 1.807) is 0 Å². The topological polar surface area (TPSA) is 54.2 Å². The van der Waals surface area contributed by atoms with Gasteiger partial charge in [0.1, 0.15) is 0 Å². The molecule has 5 nitrogen and oxygen atoms in total. The van der Waals surface area contributed by atoms with E-state index in [4.69, 9.17) is 12.2 Å². The van der Waals surface area contributed by atoms with Crippen LogP contribution in [0.5, 0.6) is 0 Å². The lowest BCUT2D eigenvalue weighted by Gasteiger charge is -2.10. The summed E-state index contributed by atoms with van der Waals surface area (Å²) in [5.74, 6) is 0.821. The molecule has 0 saturated carbocycles. The Hall–Kier alpha value is -2.47. The molecule has 112 valence electrons. The van der Waals surface area contributed by atoms with Crippen molar-refractivity contribution < 1.29 is 0 Å². The number of hydrogen-bond acceptors (Lipinski definition) is 3. The molecular formula is C16H17N5S. The molecule has 0 aliphatic carbocycles. The molecule has 3 aromatic rings. The van der Waals surface area contributed by atoms with Gasteiger partial charge in [-0.05, 0) is 48.5 Å². The van der Waals surface area contributed by atoms with E-state index in [2.05, 4.69) is 39.9 Å². The summed E-state index contributed by atoms with van der Waals surface area (Å²) in [6.07, 6.45) is 2.94. The lowest BCUT2D eigenvalue weighted by atomic mass is 10.1. The van der Waals surface area contributed by atoms with Crippen LogP contribution in [-0.2, 0) is 13.0 Å². The third-order valence-corrected chi connectivity index (χ3v) is 3.63. The summed E-state index contributed by atoms with van der Waals surface area (Å²) in [7, 11) is 0. The Kier molecular flexibility index (Phi) is 4.29. The third-order valence-electron chi connectivity index (χ3n) is 3.38. The second-order valence-corrected chi connectivity index (χ2v) is 5.31. The Bertz CT molecular complexity index is 796.